The Balaban J connectivity index is 1.71. The SMILES string of the molecule is Cc1ccc(NS(=O)(=O)c2ccc(C(=O)NCCCNC(=O)O)cc2)c2[nH]cc(C#N)c12. The second-order valence-corrected chi connectivity index (χ2v) is 8.65. The van der Waals surface area contributed by atoms with E-state index in [1.165, 1.54) is 30.5 Å². The van der Waals surface area contributed by atoms with Gasteiger partial charge in [-0.15, -0.1) is 0 Å². The average Bonchev–Trinajstić information content (AvgIpc) is 3.20. The highest BCUT2D eigenvalue weighted by molar-refractivity contribution is 7.92. The number of fused-ring (bicyclic) bond motifs is 1. The van der Waals surface area contributed by atoms with Crippen molar-refractivity contribution in [3.63, 3.8) is 0 Å². The van der Waals surface area contributed by atoms with Crippen LogP contribution in [0.2, 0.25) is 0 Å². The Kier molecular flexibility index (Phi) is 6.65. The third-order valence-electron chi connectivity index (χ3n) is 4.75. The Bertz CT molecular complexity index is 1310. The maximum atomic E-state index is 12.8. The van der Waals surface area contributed by atoms with E-state index in [9.17, 15) is 23.3 Å². The first kappa shape index (κ1) is 22.6. The van der Waals surface area contributed by atoms with Gasteiger partial charge in [-0.05, 0) is 49.2 Å². The van der Waals surface area contributed by atoms with Gasteiger partial charge in [-0.2, -0.15) is 5.26 Å². The van der Waals surface area contributed by atoms with Crippen LogP contribution in [0.15, 0.2) is 47.5 Å². The van der Waals surface area contributed by atoms with E-state index in [1.54, 1.807) is 12.1 Å². The number of amides is 2. The van der Waals surface area contributed by atoms with E-state index in [0.717, 1.165) is 5.56 Å². The minimum Gasteiger partial charge on any atom is -0.465 e. The first-order valence-corrected chi connectivity index (χ1v) is 11.1. The quantitative estimate of drug-likeness (QED) is 0.328. The first-order valence-electron chi connectivity index (χ1n) is 9.61. The predicted molar refractivity (Wildman–Crippen MR) is 118 cm³/mol. The van der Waals surface area contributed by atoms with Gasteiger partial charge in [0.1, 0.15) is 6.07 Å². The zero-order chi connectivity index (χ0) is 23.3. The monoisotopic (exact) mass is 455 g/mol. The van der Waals surface area contributed by atoms with Gasteiger partial charge in [-0.1, -0.05) is 6.07 Å². The number of sulfonamides is 1. The number of anilines is 1. The fraction of sp³-hybridized carbons (Fsp3) is 0.190. The van der Waals surface area contributed by atoms with Crippen molar-refractivity contribution in [3.8, 4) is 6.07 Å². The number of carboxylic acid groups (broad SMARTS) is 1. The molecule has 0 aliphatic carbocycles. The van der Waals surface area contributed by atoms with Gasteiger partial charge in [0.05, 0.1) is 21.7 Å². The van der Waals surface area contributed by atoms with Crippen LogP contribution in [-0.4, -0.2) is 43.6 Å². The van der Waals surface area contributed by atoms with Gasteiger partial charge in [0.2, 0.25) is 0 Å². The van der Waals surface area contributed by atoms with Gasteiger partial charge in [-0.3, -0.25) is 9.52 Å². The van der Waals surface area contributed by atoms with Crippen LogP contribution in [0, 0.1) is 18.3 Å². The molecular formula is C21H21N5O5S. The molecule has 0 aliphatic rings. The van der Waals surface area contributed by atoms with Gasteiger partial charge >= 0.3 is 6.09 Å². The molecule has 0 saturated heterocycles. The van der Waals surface area contributed by atoms with Crippen molar-refractivity contribution < 1.29 is 23.1 Å². The lowest BCUT2D eigenvalue weighted by Gasteiger charge is -2.11. The van der Waals surface area contributed by atoms with Crippen LogP contribution < -0.4 is 15.4 Å². The van der Waals surface area contributed by atoms with E-state index in [1.807, 2.05) is 6.92 Å². The number of hydrogen-bond acceptors (Lipinski definition) is 5. The molecule has 3 aromatic rings. The maximum Gasteiger partial charge on any atom is 0.404 e. The van der Waals surface area contributed by atoms with Crippen molar-refractivity contribution >= 4 is 38.6 Å². The van der Waals surface area contributed by atoms with Crippen LogP contribution in [-0.2, 0) is 10.0 Å². The molecule has 32 heavy (non-hydrogen) atoms. The van der Waals surface area contributed by atoms with Crippen molar-refractivity contribution in [2.24, 2.45) is 0 Å². The third-order valence-corrected chi connectivity index (χ3v) is 6.13. The van der Waals surface area contributed by atoms with Crippen LogP contribution in [0.4, 0.5) is 10.5 Å². The summed E-state index contributed by atoms with van der Waals surface area (Å²) in [4.78, 5) is 25.4. The fourth-order valence-corrected chi connectivity index (χ4v) is 4.24. The fourth-order valence-electron chi connectivity index (χ4n) is 3.17. The van der Waals surface area contributed by atoms with Gasteiger partial charge in [0, 0.05) is 30.2 Å². The molecule has 1 heterocycles. The number of rotatable bonds is 8. The highest BCUT2D eigenvalue weighted by Gasteiger charge is 2.18. The van der Waals surface area contributed by atoms with E-state index < -0.39 is 22.0 Å². The Morgan fingerprint density at radius 1 is 1.09 bits per heavy atom. The Morgan fingerprint density at radius 2 is 1.78 bits per heavy atom. The highest BCUT2D eigenvalue weighted by atomic mass is 32.2. The van der Waals surface area contributed by atoms with Gasteiger partial charge < -0.3 is 20.7 Å². The number of H-pyrrole nitrogens is 1. The van der Waals surface area contributed by atoms with Gasteiger partial charge in [-0.25, -0.2) is 13.2 Å². The number of nitrogens with one attached hydrogen (secondary N) is 4. The second kappa shape index (κ2) is 9.40. The number of hydrogen-bond donors (Lipinski definition) is 5. The summed E-state index contributed by atoms with van der Waals surface area (Å²) in [6.45, 7) is 2.31. The molecule has 3 rings (SSSR count). The summed E-state index contributed by atoms with van der Waals surface area (Å²) in [7, 11) is -3.94. The lowest BCUT2D eigenvalue weighted by atomic mass is 10.1. The summed E-state index contributed by atoms with van der Waals surface area (Å²) in [5.41, 5.74) is 2.36. The second-order valence-electron chi connectivity index (χ2n) is 6.97. The van der Waals surface area contributed by atoms with E-state index in [4.69, 9.17) is 5.11 Å². The highest BCUT2D eigenvalue weighted by Crippen LogP contribution is 2.30. The lowest BCUT2D eigenvalue weighted by Crippen LogP contribution is -2.29. The summed E-state index contributed by atoms with van der Waals surface area (Å²) in [6.07, 6.45) is 0.821. The van der Waals surface area contributed by atoms with Crippen LogP contribution in [0.1, 0.15) is 27.9 Å². The minimum atomic E-state index is -3.94. The summed E-state index contributed by atoms with van der Waals surface area (Å²) >= 11 is 0. The molecule has 11 heteroatoms. The van der Waals surface area contributed by atoms with Crippen molar-refractivity contribution in [1.29, 1.82) is 5.26 Å². The molecule has 0 aliphatic heterocycles. The molecule has 2 aromatic carbocycles. The number of aromatic nitrogens is 1. The molecular weight excluding hydrogens is 434 g/mol. The largest absolute Gasteiger partial charge is 0.465 e. The molecule has 5 N–H and O–H groups in total. The molecule has 0 bridgehead atoms. The molecule has 2 amide bonds. The van der Waals surface area contributed by atoms with Crippen molar-refractivity contribution in [2.45, 2.75) is 18.2 Å². The lowest BCUT2D eigenvalue weighted by molar-refractivity contribution is 0.0953. The summed E-state index contributed by atoms with van der Waals surface area (Å²) in [6, 6.07) is 10.9. The molecule has 0 atom stereocenters. The number of carbonyl (C=O) groups is 2. The third kappa shape index (κ3) is 4.98. The van der Waals surface area contributed by atoms with Gasteiger partial charge in [0.15, 0.2) is 0 Å². The molecule has 0 spiro atoms. The maximum absolute atomic E-state index is 12.8. The summed E-state index contributed by atoms with van der Waals surface area (Å²) in [5, 5.41) is 23.2. The van der Waals surface area contributed by atoms with Crippen LogP contribution in [0.25, 0.3) is 10.9 Å². The van der Waals surface area contributed by atoms with E-state index >= 15 is 0 Å². The van der Waals surface area contributed by atoms with E-state index in [-0.39, 0.29) is 23.5 Å². The minimum absolute atomic E-state index is 0.0273. The Morgan fingerprint density at radius 3 is 2.44 bits per heavy atom. The standard InChI is InChI=1S/C21H21N5O5S/c1-13-3-8-17(19-18(13)15(11-22)12-25-19)26-32(30,31)16-6-4-14(5-7-16)20(27)23-9-2-10-24-21(28)29/h3-8,12,24-26H,2,9-10H2,1H3,(H,23,27)(H,28,29). The zero-order valence-corrected chi connectivity index (χ0v) is 17.9. The first-order chi connectivity index (χ1) is 15.2. The number of aryl methyl sites for hydroxylation is 1. The molecule has 10 nitrogen and oxygen atoms in total. The van der Waals surface area contributed by atoms with Crippen molar-refractivity contribution in [1.82, 2.24) is 15.6 Å². The Hall–Kier alpha value is -4.04. The van der Waals surface area contributed by atoms with E-state index in [2.05, 4.69) is 26.4 Å². The molecule has 0 fully saturated rings. The van der Waals surface area contributed by atoms with Crippen LogP contribution in [0.5, 0.6) is 0 Å². The molecule has 0 saturated carbocycles. The molecule has 1 aromatic heterocycles. The average molecular weight is 455 g/mol. The molecule has 166 valence electrons. The number of carbonyl (C=O) groups excluding carboxylic acids is 1. The number of nitrogens with zero attached hydrogens (tertiary/aromatic N) is 1. The van der Waals surface area contributed by atoms with Crippen molar-refractivity contribution in [3.05, 3.63) is 59.3 Å². The molecule has 0 unspecified atom stereocenters. The zero-order valence-electron chi connectivity index (χ0n) is 17.1. The van der Waals surface area contributed by atoms with Crippen molar-refractivity contribution in [2.75, 3.05) is 17.8 Å². The van der Waals surface area contributed by atoms with Gasteiger partial charge in [0.25, 0.3) is 15.9 Å². The summed E-state index contributed by atoms with van der Waals surface area (Å²) in [5.74, 6) is -0.395. The molecule has 0 radical (unpaired) electrons. The number of benzene rings is 2. The summed E-state index contributed by atoms with van der Waals surface area (Å²) < 4.78 is 28.2. The van der Waals surface area contributed by atoms with Crippen LogP contribution >= 0.6 is 0 Å². The van der Waals surface area contributed by atoms with Crippen LogP contribution in [0.3, 0.4) is 0 Å². The number of nitriles is 1. The Labute approximate surface area is 184 Å². The normalized spacial score (nSPS) is 11.0. The smallest absolute Gasteiger partial charge is 0.404 e. The predicted octanol–water partition coefficient (Wildman–Crippen LogP) is 2.54. The topological polar surface area (TPSA) is 164 Å². The van der Waals surface area contributed by atoms with E-state index in [0.29, 0.717) is 28.6 Å². The number of aromatic amines is 1.